The molecule has 0 aliphatic carbocycles. The lowest BCUT2D eigenvalue weighted by atomic mass is 10.2. The van der Waals surface area contributed by atoms with Gasteiger partial charge in [-0.15, -0.1) is 0 Å². The monoisotopic (exact) mass is 370 g/mol. The van der Waals surface area contributed by atoms with Gasteiger partial charge in [0.15, 0.2) is 0 Å². The van der Waals surface area contributed by atoms with E-state index in [0.29, 0.717) is 19.6 Å². The number of nitrogens with zero attached hydrogens (tertiary/aromatic N) is 4. The maximum atomic E-state index is 13.8. The highest BCUT2D eigenvalue weighted by Crippen LogP contribution is 2.22. The van der Waals surface area contributed by atoms with Gasteiger partial charge in [-0.25, -0.2) is 17.2 Å². The average Bonchev–Trinajstić information content (AvgIpc) is 2.89. The van der Waals surface area contributed by atoms with Crippen LogP contribution in [0.2, 0.25) is 0 Å². The van der Waals surface area contributed by atoms with Crippen molar-refractivity contribution in [2.45, 2.75) is 18.4 Å². The van der Waals surface area contributed by atoms with E-state index >= 15 is 0 Å². The molecule has 0 atom stereocenters. The minimum Gasteiger partial charge on any atom is -0.296 e. The molecule has 6 nitrogen and oxygen atoms in total. The SMILES string of the molecule is Cc1c(CN2CCN(S(=O)(=O)c3cc(F)ccc3F)CC2)cnn1C. The lowest BCUT2D eigenvalue weighted by molar-refractivity contribution is 0.181. The van der Waals surface area contributed by atoms with Crippen LogP contribution in [0.3, 0.4) is 0 Å². The zero-order valence-electron chi connectivity index (χ0n) is 14.1. The fourth-order valence-corrected chi connectivity index (χ4v) is 4.38. The van der Waals surface area contributed by atoms with E-state index < -0.39 is 26.6 Å². The number of sulfonamides is 1. The molecule has 136 valence electrons. The molecule has 0 saturated carbocycles. The number of benzene rings is 1. The third kappa shape index (κ3) is 3.58. The number of hydrogen-bond donors (Lipinski definition) is 0. The van der Waals surface area contributed by atoms with E-state index in [1.807, 2.05) is 14.0 Å². The molecule has 1 saturated heterocycles. The second kappa shape index (κ2) is 6.81. The van der Waals surface area contributed by atoms with Gasteiger partial charge in [0.05, 0.1) is 6.20 Å². The second-order valence-electron chi connectivity index (χ2n) is 6.13. The molecular formula is C16H20F2N4O2S. The van der Waals surface area contributed by atoms with E-state index in [2.05, 4.69) is 10.00 Å². The summed E-state index contributed by atoms with van der Waals surface area (Å²) in [5.41, 5.74) is 2.16. The molecule has 2 heterocycles. The minimum absolute atomic E-state index is 0.234. The molecule has 9 heteroatoms. The highest BCUT2D eigenvalue weighted by Gasteiger charge is 2.31. The average molecular weight is 370 g/mol. The first kappa shape index (κ1) is 18.0. The van der Waals surface area contributed by atoms with Crippen molar-refractivity contribution in [3.63, 3.8) is 0 Å². The van der Waals surface area contributed by atoms with Gasteiger partial charge in [0.1, 0.15) is 16.5 Å². The zero-order valence-corrected chi connectivity index (χ0v) is 14.9. The summed E-state index contributed by atoms with van der Waals surface area (Å²) in [5, 5.41) is 4.20. The third-order valence-electron chi connectivity index (χ3n) is 4.57. The van der Waals surface area contributed by atoms with Crippen LogP contribution in [0.4, 0.5) is 8.78 Å². The topological polar surface area (TPSA) is 58.4 Å². The molecule has 1 fully saturated rings. The molecule has 25 heavy (non-hydrogen) atoms. The molecule has 0 N–H and O–H groups in total. The number of piperazine rings is 1. The van der Waals surface area contributed by atoms with Crippen molar-refractivity contribution in [2.24, 2.45) is 7.05 Å². The maximum Gasteiger partial charge on any atom is 0.246 e. The Balaban J connectivity index is 1.69. The quantitative estimate of drug-likeness (QED) is 0.819. The van der Waals surface area contributed by atoms with Gasteiger partial charge in [0.2, 0.25) is 10.0 Å². The van der Waals surface area contributed by atoms with Crippen LogP contribution in [0.1, 0.15) is 11.3 Å². The standard InChI is InChI=1S/C16H20F2N4O2S/c1-12-13(10-19-20(12)2)11-21-5-7-22(8-6-21)25(23,24)16-9-14(17)3-4-15(16)18/h3-4,9-10H,5-8,11H2,1-2H3. The Labute approximate surface area is 145 Å². The predicted molar refractivity (Wildman–Crippen MR) is 88.3 cm³/mol. The molecular weight excluding hydrogens is 350 g/mol. The number of rotatable bonds is 4. The molecule has 0 radical (unpaired) electrons. The van der Waals surface area contributed by atoms with Crippen molar-refractivity contribution in [1.29, 1.82) is 0 Å². The summed E-state index contributed by atoms with van der Waals surface area (Å²) in [4.78, 5) is 1.52. The Morgan fingerprint density at radius 2 is 1.84 bits per heavy atom. The lowest BCUT2D eigenvalue weighted by Crippen LogP contribution is -2.48. The van der Waals surface area contributed by atoms with Crippen LogP contribution in [-0.4, -0.2) is 53.6 Å². The fraction of sp³-hybridized carbons (Fsp3) is 0.438. The molecule has 2 aromatic rings. The Morgan fingerprint density at radius 3 is 2.44 bits per heavy atom. The Hall–Kier alpha value is -1.84. The number of halogens is 2. The maximum absolute atomic E-state index is 13.8. The summed E-state index contributed by atoms with van der Waals surface area (Å²) < 4.78 is 55.3. The Kier molecular flexibility index (Phi) is 4.90. The molecule has 3 rings (SSSR count). The summed E-state index contributed by atoms with van der Waals surface area (Å²) >= 11 is 0. The summed E-state index contributed by atoms with van der Waals surface area (Å²) in [6.45, 7) is 4.17. The first-order chi connectivity index (χ1) is 11.8. The minimum atomic E-state index is -4.04. The van der Waals surface area contributed by atoms with Crippen LogP contribution in [0.5, 0.6) is 0 Å². The van der Waals surface area contributed by atoms with Crippen LogP contribution in [-0.2, 0) is 23.6 Å². The zero-order chi connectivity index (χ0) is 18.2. The van der Waals surface area contributed by atoms with E-state index in [4.69, 9.17) is 0 Å². The molecule has 1 aromatic carbocycles. The van der Waals surface area contributed by atoms with Gasteiger partial charge < -0.3 is 0 Å². The third-order valence-corrected chi connectivity index (χ3v) is 6.49. The molecule has 1 aromatic heterocycles. The molecule has 1 aliphatic heterocycles. The molecule has 0 amide bonds. The van der Waals surface area contributed by atoms with Gasteiger partial charge in [-0.2, -0.15) is 9.40 Å². The van der Waals surface area contributed by atoms with Crippen LogP contribution < -0.4 is 0 Å². The van der Waals surface area contributed by atoms with E-state index in [9.17, 15) is 17.2 Å². The summed E-state index contributed by atoms with van der Waals surface area (Å²) in [6.07, 6.45) is 1.81. The van der Waals surface area contributed by atoms with Crippen molar-refractivity contribution < 1.29 is 17.2 Å². The van der Waals surface area contributed by atoms with Gasteiger partial charge in [0, 0.05) is 51.0 Å². The van der Waals surface area contributed by atoms with Gasteiger partial charge in [-0.1, -0.05) is 0 Å². The van der Waals surface area contributed by atoms with Gasteiger partial charge in [-0.3, -0.25) is 9.58 Å². The highest BCUT2D eigenvalue weighted by atomic mass is 32.2. The Morgan fingerprint density at radius 1 is 1.16 bits per heavy atom. The van der Waals surface area contributed by atoms with Crippen LogP contribution >= 0.6 is 0 Å². The van der Waals surface area contributed by atoms with Crippen molar-refractivity contribution in [3.8, 4) is 0 Å². The molecule has 1 aliphatic rings. The lowest BCUT2D eigenvalue weighted by Gasteiger charge is -2.33. The number of aryl methyl sites for hydroxylation is 1. The first-order valence-corrected chi connectivity index (χ1v) is 9.38. The van der Waals surface area contributed by atoms with Crippen molar-refractivity contribution in [3.05, 3.63) is 47.3 Å². The number of aromatic nitrogens is 2. The first-order valence-electron chi connectivity index (χ1n) is 7.94. The van der Waals surface area contributed by atoms with E-state index in [1.165, 1.54) is 4.31 Å². The number of hydrogen-bond acceptors (Lipinski definition) is 4. The summed E-state index contributed by atoms with van der Waals surface area (Å²) in [5.74, 6) is -1.71. The van der Waals surface area contributed by atoms with Crippen LogP contribution in [0, 0.1) is 18.6 Å². The summed E-state index contributed by atoms with van der Waals surface area (Å²) in [6, 6.07) is 2.47. The van der Waals surface area contributed by atoms with Gasteiger partial charge in [0.25, 0.3) is 0 Å². The molecule has 0 unspecified atom stereocenters. The normalized spacial score (nSPS) is 17.1. The van der Waals surface area contributed by atoms with Crippen molar-refractivity contribution >= 4 is 10.0 Å². The summed E-state index contributed by atoms with van der Waals surface area (Å²) in [7, 11) is -2.17. The molecule has 0 bridgehead atoms. The van der Waals surface area contributed by atoms with Crippen LogP contribution in [0.25, 0.3) is 0 Å². The Bertz CT molecular complexity index is 874. The smallest absolute Gasteiger partial charge is 0.246 e. The highest BCUT2D eigenvalue weighted by molar-refractivity contribution is 7.89. The van der Waals surface area contributed by atoms with Crippen LogP contribution in [0.15, 0.2) is 29.3 Å². The fourth-order valence-electron chi connectivity index (χ4n) is 2.88. The van der Waals surface area contributed by atoms with E-state index in [0.717, 1.165) is 29.5 Å². The van der Waals surface area contributed by atoms with Gasteiger partial charge >= 0.3 is 0 Å². The molecule has 0 spiro atoms. The predicted octanol–water partition coefficient (Wildman–Crippen LogP) is 1.51. The largest absolute Gasteiger partial charge is 0.296 e. The van der Waals surface area contributed by atoms with E-state index in [1.54, 1.807) is 10.9 Å². The van der Waals surface area contributed by atoms with Crippen molar-refractivity contribution in [1.82, 2.24) is 19.0 Å². The van der Waals surface area contributed by atoms with Gasteiger partial charge in [-0.05, 0) is 25.1 Å². The van der Waals surface area contributed by atoms with Crippen molar-refractivity contribution in [2.75, 3.05) is 26.2 Å². The second-order valence-corrected chi connectivity index (χ2v) is 8.04. The van der Waals surface area contributed by atoms with E-state index in [-0.39, 0.29) is 13.1 Å².